The van der Waals surface area contributed by atoms with Crippen LogP contribution in [0.5, 0.6) is 0 Å². The zero-order chi connectivity index (χ0) is 65.6. The molecule has 0 saturated heterocycles. The van der Waals surface area contributed by atoms with E-state index in [1.165, 1.54) is 0 Å². The minimum absolute atomic E-state index is 0.338. The molecule has 0 aliphatic heterocycles. The van der Waals surface area contributed by atoms with Crippen LogP contribution >= 0.6 is 0 Å². The van der Waals surface area contributed by atoms with Crippen molar-refractivity contribution < 1.29 is 0 Å². The van der Waals surface area contributed by atoms with E-state index < -0.39 is 0 Å². The van der Waals surface area contributed by atoms with E-state index in [9.17, 15) is 10.5 Å². The van der Waals surface area contributed by atoms with Crippen molar-refractivity contribution in [3.8, 4) is 136 Å². The number of nitriles is 2. The lowest BCUT2D eigenvalue weighted by molar-refractivity contribution is 1.07. The van der Waals surface area contributed by atoms with Gasteiger partial charge in [0.15, 0.2) is 23.2 Å². The summed E-state index contributed by atoms with van der Waals surface area (Å²) < 4.78 is 4.63. The Bertz CT molecular complexity index is 5630. The molecule has 14 aromatic carbocycles. The maximum absolute atomic E-state index is 11.0. The summed E-state index contributed by atoms with van der Waals surface area (Å²) in [5.41, 5.74) is 22.4. The molecular weight excluding hydrogens is 1190 g/mol. The van der Waals surface area contributed by atoms with Crippen molar-refractivity contribution in [2.75, 3.05) is 0 Å². The zero-order valence-corrected chi connectivity index (χ0v) is 52.8. The molecule has 98 heavy (non-hydrogen) atoms. The van der Waals surface area contributed by atoms with Gasteiger partial charge in [-0.15, -0.1) is 0 Å². The molecule has 0 radical (unpaired) electrons. The summed E-state index contributed by atoms with van der Waals surface area (Å²) in [5.74, 6) is 1.03. The fourth-order valence-electron chi connectivity index (χ4n) is 14.1. The summed E-state index contributed by atoms with van der Waals surface area (Å²) in [6.07, 6.45) is 0. The van der Waals surface area contributed by atoms with Crippen LogP contribution in [0.2, 0.25) is 0 Å². The van der Waals surface area contributed by atoms with Gasteiger partial charge in [0.05, 0.1) is 51.9 Å². The molecule has 3 heterocycles. The Hall–Kier alpha value is -13.8. The van der Waals surface area contributed by atoms with Crippen LogP contribution in [0, 0.1) is 29.2 Å². The molecule has 0 N–H and O–H groups in total. The number of hydrogen-bond acceptors (Lipinski definition) is 5. The quantitative estimate of drug-likeness (QED) is 0.113. The predicted molar refractivity (Wildman–Crippen MR) is 399 cm³/mol. The SMILES string of the molecule is [C-]#[N+]c1ccccc1-c1ccc(-n2c3ccc(-c4ccccc4)cc3c3cc(-c4ccccc4)ccc32)cc1-c1nc(-c2ccccc2-c2ccccc2C#N)nc(-c2cc(-n3c4ccc(-c5ccccc5)cc4c4cc(-c5ccccc5)ccc43)ccc2-c2ccccc2C#N)n1. The molecule has 0 fully saturated rings. The Labute approximate surface area is 566 Å². The molecule has 0 aliphatic rings. The minimum atomic E-state index is 0.338. The first-order valence-corrected chi connectivity index (χ1v) is 32.5. The smallest absolute Gasteiger partial charge is 0.194 e. The van der Waals surface area contributed by atoms with Crippen molar-refractivity contribution in [3.05, 3.63) is 350 Å². The van der Waals surface area contributed by atoms with Crippen molar-refractivity contribution in [1.29, 1.82) is 10.5 Å². The lowest BCUT2D eigenvalue weighted by atomic mass is 9.93. The summed E-state index contributed by atoms with van der Waals surface area (Å²) in [6, 6.07) is 117. The molecule has 8 nitrogen and oxygen atoms in total. The fraction of sp³-hybridized carbons (Fsp3) is 0. The topological polar surface area (TPSA) is 100 Å². The van der Waals surface area contributed by atoms with E-state index in [0.717, 1.165) is 122 Å². The molecule has 17 aromatic rings. The van der Waals surface area contributed by atoms with Crippen LogP contribution in [-0.2, 0) is 0 Å². The van der Waals surface area contributed by atoms with Gasteiger partial charge in [0.2, 0.25) is 0 Å². The van der Waals surface area contributed by atoms with Gasteiger partial charge in [-0.25, -0.2) is 19.8 Å². The maximum atomic E-state index is 11.0. The molecule has 0 bridgehead atoms. The molecule has 3 aromatic heterocycles. The van der Waals surface area contributed by atoms with Gasteiger partial charge in [0.1, 0.15) is 0 Å². The summed E-state index contributed by atoms with van der Waals surface area (Å²) >= 11 is 0. The molecule has 0 amide bonds. The second-order valence-electron chi connectivity index (χ2n) is 24.3. The monoisotopic (exact) mass is 1250 g/mol. The van der Waals surface area contributed by atoms with E-state index >= 15 is 0 Å². The molecule has 0 unspecified atom stereocenters. The van der Waals surface area contributed by atoms with Gasteiger partial charge in [0.25, 0.3) is 0 Å². The second-order valence-corrected chi connectivity index (χ2v) is 24.3. The number of para-hydroxylation sites is 1. The molecule has 0 spiro atoms. The molecule has 17 rings (SSSR count). The number of fused-ring (bicyclic) bond motifs is 6. The Balaban J connectivity index is 0.957. The van der Waals surface area contributed by atoms with Crippen molar-refractivity contribution in [2.45, 2.75) is 0 Å². The normalized spacial score (nSPS) is 11.2. The molecule has 454 valence electrons. The Morgan fingerprint density at radius 2 is 0.551 bits per heavy atom. The van der Waals surface area contributed by atoms with Crippen molar-refractivity contribution in [1.82, 2.24) is 24.1 Å². The summed E-state index contributed by atoms with van der Waals surface area (Å²) in [5, 5.41) is 26.0. The van der Waals surface area contributed by atoms with Crippen molar-refractivity contribution in [2.24, 2.45) is 0 Å². The number of aromatic nitrogens is 5. The first-order valence-electron chi connectivity index (χ1n) is 32.5. The first-order chi connectivity index (χ1) is 48.5. The molecule has 0 aliphatic carbocycles. The zero-order valence-electron chi connectivity index (χ0n) is 52.8. The van der Waals surface area contributed by atoms with Crippen LogP contribution < -0.4 is 0 Å². The van der Waals surface area contributed by atoms with Crippen molar-refractivity contribution >= 4 is 49.3 Å². The standard InChI is InChI=1S/C90H54N8/c1-93-83-37-21-20-35-75(83)74-45-43-69(98-86-48-40-64(60-26-10-4-11-27-60)52-79(86)80-53-65(41-49-87(80)98)61-28-12-5-13-29-61)55-82(74)90-95-88(76-36-19-18-34-72(76)70-32-16-14-30-66(70)56-91)94-89(96-90)81-54-68(42-44-73(81)71-33-17-15-31-67(71)57-92)97-84-46-38-62(58-22-6-2-7-23-58)50-77(84)78-51-63(39-47-85(78)97)59-24-8-3-9-25-59/h2-55H. The predicted octanol–water partition coefficient (Wildman–Crippen LogP) is 23.0. The van der Waals surface area contributed by atoms with Gasteiger partial charge in [-0.3, -0.25) is 0 Å². The lowest BCUT2D eigenvalue weighted by Crippen LogP contribution is -2.05. The third kappa shape index (κ3) is 10.2. The van der Waals surface area contributed by atoms with E-state index in [1.54, 1.807) is 0 Å². The minimum Gasteiger partial charge on any atom is -0.309 e. The number of benzene rings is 14. The van der Waals surface area contributed by atoms with E-state index in [0.29, 0.717) is 62.1 Å². The Kier molecular flexibility index (Phi) is 14.5. The molecule has 0 atom stereocenters. The van der Waals surface area contributed by atoms with Crippen LogP contribution in [0.1, 0.15) is 11.1 Å². The van der Waals surface area contributed by atoms with E-state index in [2.05, 4.69) is 232 Å². The highest BCUT2D eigenvalue weighted by atomic mass is 15.0. The highest BCUT2D eigenvalue weighted by Crippen LogP contribution is 2.46. The second kappa shape index (κ2) is 24.6. The average molecular weight is 1250 g/mol. The first kappa shape index (κ1) is 58.0. The van der Waals surface area contributed by atoms with Gasteiger partial charge in [0, 0.05) is 60.7 Å². The van der Waals surface area contributed by atoms with Gasteiger partial charge in [-0.1, -0.05) is 243 Å². The van der Waals surface area contributed by atoms with Crippen LogP contribution in [-0.4, -0.2) is 24.1 Å². The van der Waals surface area contributed by atoms with E-state index in [4.69, 9.17) is 21.5 Å². The maximum Gasteiger partial charge on any atom is 0.194 e. The third-order valence-corrected chi connectivity index (χ3v) is 18.8. The van der Waals surface area contributed by atoms with Crippen LogP contribution in [0.15, 0.2) is 328 Å². The lowest BCUT2D eigenvalue weighted by Gasteiger charge is -2.18. The number of rotatable bonds is 12. The average Bonchev–Trinajstić information content (AvgIpc) is 1.56. The van der Waals surface area contributed by atoms with Gasteiger partial charge in [-0.05, 0) is 152 Å². The van der Waals surface area contributed by atoms with Crippen LogP contribution in [0.4, 0.5) is 5.69 Å². The van der Waals surface area contributed by atoms with Gasteiger partial charge in [-0.2, -0.15) is 10.5 Å². The van der Waals surface area contributed by atoms with Crippen LogP contribution in [0.3, 0.4) is 0 Å². The van der Waals surface area contributed by atoms with E-state index in [1.807, 2.05) is 121 Å². The Morgan fingerprint density at radius 1 is 0.255 bits per heavy atom. The van der Waals surface area contributed by atoms with Gasteiger partial charge >= 0.3 is 0 Å². The number of nitrogens with zero attached hydrogens (tertiary/aromatic N) is 8. The number of hydrogen-bond donors (Lipinski definition) is 0. The summed E-state index contributed by atoms with van der Waals surface area (Å²) in [4.78, 5) is 21.1. The van der Waals surface area contributed by atoms with Crippen LogP contribution in [0.25, 0.3) is 172 Å². The highest BCUT2D eigenvalue weighted by molar-refractivity contribution is 6.13. The molecular formula is C90H54N8. The summed E-state index contributed by atoms with van der Waals surface area (Å²) in [6.45, 7) is 8.59. The highest BCUT2D eigenvalue weighted by Gasteiger charge is 2.26. The fourth-order valence-corrected chi connectivity index (χ4v) is 14.1. The molecule has 8 heteroatoms. The summed E-state index contributed by atoms with van der Waals surface area (Å²) in [7, 11) is 0. The van der Waals surface area contributed by atoms with Crippen molar-refractivity contribution in [3.63, 3.8) is 0 Å². The third-order valence-electron chi connectivity index (χ3n) is 18.8. The largest absolute Gasteiger partial charge is 0.309 e. The Morgan fingerprint density at radius 3 is 0.918 bits per heavy atom. The molecule has 0 saturated carbocycles. The van der Waals surface area contributed by atoms with E-state index in [-0.39, 0.29) is 0 Å². The van der Waals surface area contributed by atoms with Gasteiger partial charge < -0.3 is 9.13 Å².